The van der Waals surface area contributed by atoms with E-state index in [0.29, 0.717) is 6.61 Å². The van der Waals surface area contributed by atoms with Crippen LogP contribution in [0.5, 0.6) is 0 Å². The molecule has 0 bridgehead atoms. The SMILES string of the molecule is CCc1ccc(C=NOCc2ccc(-c3ccccc3)cc2)cc1. The van der Waals surface area contributed by atoms with E-state index in [1.807, 2.05) is 18.2 Å². The van der Waals surface area contributed by atoms with Crippen molar-refractivity contribution >= 4 is 6.21 Å². The van der Waals surface area contributed by atoms with Gasteiger partial charge in [-0.05, 0) is 34.2 Å². The summed E-state index contributed by atoms with van der Waals surface area (Å²) in [5, 5.41) is 4.05. The Hall–Kier alpha value is -2.87. The highest BCUT2D eigenvalue weighted by atomic mass is 16.6. The molecule has 0 aliphatic heterocycles. The summed E-state index contributed by atoms with van der Waals surface area (Å²) < 4.78 is 0. The minimum atomic E-state index is 0.471. The number of nitrogens with zero attached hydrogens (tertiary/aromatic N) is 1. The Bertz CT molecular complexity index is 774. The van der Waals surface area contributed by atoms with Crippen LogP contribution in [-0.4, -0.2) is 6.21 Å². The lowest BCUT2D eigenvalue weighted by molar-refractivity contribution is 0.132. The smallest absolute Gasteiger partial charge is 0.142 e. The van der Waals surface area contributed by atoms with Gasteiger partial charge in [-0.15, -0.1) is 0 Å². The van der Waals surface area contributed by atoms with Crippen molar-refractivity contribution in [3.8, 4) is 11.1 Å². The molecular weight excluding hydrogens is 294 g/mol. The minimum absolute atomic E-state index is 0.471. The van der Waals surface area contributed by atoms with Crippen LogP contribution in [0.1, 0.15) is 23.6 Å². The predicted octanol–water partition coefficient (Wildman–Crippen LogP) is 5.47. The van der Waals surface area contributed by atoms with Crippen molar-refractivity contribution in [2.24, 2.45) is 5.16 Å². The Morgan fingerprint density at radius 1 is 0.750 bits per heavy atom. The lowest BCUT2D eigenvalue weighted by Crippen LogP contribution is -1.89. The Kier molecular flexibility index (Phi) is 5.41. The Morgan fingerprint density at radius 3 is 2.04 bits per heavy atom. The Morgan fingerprint density at radius 2 is 1.38 bits per heavy atom. The first-order valence-electron chi connectivity index (χ1n) is 8.24. The third kappa shape index (κ3) is 4.32. The van der Waals surface area contributed by atoms with Crippen molar-refractivity contribution in [1.29, 1.82) is 0 Å². The van der Waals surface area contributed by atoms with Gasteiger partial charge in [0.15, 0.2) is 0 Å². The van der Waals surface area contributed by atoms with Crippen molar-refractivity contribution in [3.63, 3.8) is 0 Å². The van der Waals surface area contributed by atoms with E-state index < -0.39 is 0 Å². The van der Waals surface area contributed by atoms with E-state index in [9.17, 15) is 0 Å². The summed E-state index contributed by atoms with van der Waals surface area (Å²) in [5.74, 6) is 0. The van der Waals surface area contributed by atoms with E-state index >= 15 is 0 Å². The summed E-state index contributed by atoms with van der Waals surface area (Å²) >= 11 is 0. The van der Waals surface area contributed by atoms with Crippen molar-refractivity contribution in [3.05, 3.63) is 95.6 Å². The second-order valence-corrected chi connectivity index (χ2v) is 5.67. The number of rotatable bonds is 6. The topological polar surface area (TPSA) is 21.6 Å². The van der Waals surface area contributed by atoms with E-state index in [-0.39, 0.29) is 0 Å². The maximum absolute atomic E-state index is 5.40. The number of benzene rings is 3. The molecule has 0 saturated heterocycles. The van der Waals surface area contributed by atoms with E-state index in [2.05, 4.69) is 72.7 Å². The van der Waals surface area contributed by atoms with Gasteiger partial charge in [-0.2, -0.15) is 0 Å². The number of hydrogen-bond acceptors (Lipinski definition) is 2. The summed E-state index contributed by atoms with van der Waals surface area (Å²) in [5.41, 5.74) is 5.91. The highest BCUT2D eigenvalue weighted by Crippen LogP contribution is 2.19. The van der Waals surface area contributed by atoms with Crippen LogP contribution in [0, 0.1) is 0 Å². The number of hydrogen-bond donors (Lipinski definition) is 0. The predicted molar refractivity (Wildman–Crippen MR) is 100 cm³/mol. The molecule has 0 N–H and O–H groups in total. The summed E-state index contributed by atoms with van der Waals surface area (Å²) in [6.07, 6.45) is 2.80. The van der Waals surface area contributed by atoms with Gasteiger partial charge in [0.1, 0.15) is 6.61 Å². The van der Waals surface area contributed by atoms with Crippen molar-refractivity contribution < 1.29 is 4.84 Å². The van der Waals surface area contributed by atoms with Gasteiger partial charge in [-0.3, -0.25) is 0 Å². The van der Waals surface area contributed by atoms with E-state index in [0.717, 1.165) is 17.5 Å². The molecule has 0 unspecified atom stereocenters. The lowest BCUT2D eigenvalue weighted by atomic mass is 10.0. The van der Waals surface area contributed by atoms with E-state index in [4.69, 9.17) is 4.84 Å². The molecule has 0 saturated carbocycles. The Labute approximate surface area is 143 Å². The zero-order chi connectivity index (χ0) is 16.6. The molecule has 0 aliphatic rings. The van der Waals surface area contributed by atoms with Gasteiger partial charge in [0.05, 0.1) is 6.21 Å². The third-order valence-corrected chi connectivity index (χ3v) is 3.96. The molecule has 3 aromatic rings. The molecular formula is C22H21NO. The second kappa shape index (κ2) is 8.11. The highest BCUT2D eigenvalue weighted by Gasteiger charge is 1.98. The van der Waals surface area contributed by atoms with Crippen LogP contribution in [-0.2, 0) is 17.9 Å². The summed E-state index contributed by atoms with van der Waals surface area (Å²) in [4.78, 5) is 5.40. The molecule has 2 nitrogen and oxygen atoms in total. The first kappa shape index (κ1) is 16.0. The highest BCUT2D eigenvalue weighted by molar-refractivity contribution is 5.79. The Balaban J connectivity index is 1.54. The fraction of sp³-hybridized carbons (Fsp3) is 0.136. The van der Waals surface area contributed by atoms with Gasteiger partial charge < -0.3 is 4.84 Å². The molecule has 24 heavy (non-hydrogen) atoms. The van der Waals surface area contributed by atoms with Crippen LogP contribution in [0.3, 0.4) is 0 Å². The fourth-order valence-electron chi connectivity index (χ4n) is 2.47. The molecule has 0 radical (unpaired) electrons. The summed E-state index contributed by atoms with van der Waals surface area (Å²) in [6, 6.07) is 27.1. The maximum atomic E-state index is 5.40. The van der Waals surface area contributed by atoms with Crippen LogP contribution in [0.25, 0.3) is 11.1 Å². The van der Waals surface area contributed by atoms with Crippen LogP contribution in [0.15, 0.2) is 84.0 Å². The monoisotopic (exact) mass is 315 g/mol. The molecule has 0 fully saturated rings. The van der Waals surface area contributed by atoms with Gasteiger partial charge in [0, 0.05) is 0 Å². The van der Waals surface area contributed by atoms with Crippen molar-refractivity contribution in [1.82, 2.24) is 0 Å². The average molecular weight is 315 g/mol. The zero-order valence-corrected chi connectivity index (χ0v) is 13.9. The van der Waals surface area contributed by atoms with Gasteiger partial charge >= 0.3 is 0 Å². The standard InChI is InChI=1S/C22H21NO/c1-2-18-8-10-19(11-9-18)16-23-24-17-20-12-14-22(15-13-20)21-6-4-3-5-7-21/h3-16H,2,17H2,1H3. The minimum Gasteiger partial charge on any atom is -0.391 e. The maximum Gasteiger partial charge on any atom is 0.142 e. The molecule has 0 atom stereocenters. The van der Waals surface area contributed by atoms with Gasteiger partial charge in [0.25, 0.3) is 0 Å². The van der Waals surface area contributed by atoms with Gasteiger partial charge in [-0.1, -0.05) is 90.9 Å². The number of aryl methyl sites for hydroxylation is 1. The molecule has 3 aromatic carbocycles. The van der Waals surface area contributed by atoms with Crippen molar-refractivity contribution in [2.75, 3.05) is 0 Å². The molecule has 2 heteroatoms. The number of oxime groups is 1. The first-order valence-corrected chi connectivity index (χ1v) is 8.24. The quantitative estimate of drug-likeness (QED) is 0.437. The third-order valence-electron chi connectivity index (χ3n) is 3.96. The summed E-state index contributed by atoms with van der Waals surface area (Å²) in [6.45, 7) is 2.62. The first-order chi connectivity index (χ1) is 11.8. The molecule has 0 heterocycles. The zero-order valence-electron chi connectivity index (χ0n) is 13.9. The van der Waals surface area contributed by atoms with Crippen LogP contribution >= 0.6 is 0 Å². The summed E-state index contributed by atoms with van der Waals surface area (Å²) in [7, 11) is 0. The van der Waals surface area contributed by atoms with E-state index in [1.165, 1.54) is 16.7 Å². The molecule has 0 aromatic heterocycles. The molecule has 120 valence electrons. The molecule has 0 amide bonds. The van der Waals surface area contributed by atoms with Crippen LogP contribution in [0.4, 0.5) is 0 Å². The molecule has 3 rings (SSSR count). The van der Waals surface area contributed by atoms with Crippen molar-refractivity contribution in [2.45, 2.75) is 20.0 Å². The van der Waals surface area contributed by atoms with Crippen LogP contribution < -0.4 is 0 Å². The average Bonchev–Trinajstić information content (AvgIpc) is 2.67. The molecule has 0 spiro atoms. The van der Waals surface area contributed by atoms with Gasteiger partial charge in [-0.25, -0.2) is 0 Å². The fourth-order valence-corrected chi connectivity index (χ4v) is 2.47. The largest absolute Gasteiger partial charge is 0.391 e. The lowest BCUT2D eigenvalue weighted by Gasteiger charge is -2.04. The second-order valence-electron chi connectivity index (χ2n) is 5.67. The normalized spacial score (nSPS) is 10.9. The van der Waals surface area contributed by atoms with Gasteiger partial charge in [0.2, 0.25) is 0 Å². The van der Waals surface area contributed by atoms with E-state index in [1.54, 1.807) is 6.21 Å². The molecule has 0 aliphatic carbocycles. The van der Waals surface area contributed by atoms with Crippen LogP contribution in [0.2, 0.25) is 0 Å².